The van der Waals surface area contributed by atoms with E-state index in [2.05, 4.69) is 0 Å². The van der Waals surface area contributed by atoms with Crippen molar-refractivity contribution in [3.05, 3.63) is 0 Å². The number of hydrogen-bond donors (Lipinski definition) is 2. The molecule has 0 fully saturated rings. The maximum Gasteiger partial charge on any atom is 2.00 e. The molecule has 0 aliphatic heterocycles. The molecule has 4 nitrogen and oxygen atoms in total. The molecule has 9 heavy (non-hydrogen) atoms. The number of hydrogen-bond acceptors (Lipinski definition) is 1. The summed E-state index contributed by atoms with van der Waals surface area (Å²) in [6.07, 6.45) is 0. The van der Waals surface area contributed by atoms with Crippen LogP contribution < -0.4 is 80.9 Å². The Balaban J connectivity index is -0.00000000125. The normalized spacial score (nSPS) is 2.67. The summed E-state index contributed by atoms with van der Waals surface area (Å²) in [6.45, 7) is 0. The second-order valence-electron chi connectivity index (χ2n) is 0.283. The van der Waals surface area contributed by atoms with E-state index in [1.807, 2.05) is 0 Å². The molecule has 0 unspecified atom stereocenters. The predicted octanol–water partition coefficient (Wildman–Crippen LogP) is -9.54. The average Bonchev–Trinajstić information content (AvgIpc) is 0.811. The molecule has 0 aromatic carbocycles. The van der Waals surface area contributed by atoms with E-state index in [0.717, 1.165) is 0 Å². The molecule has 0 aromatic rings. The molecule has 0 spiro atoms. The summed E-state index contributed by atoms with van der Waals surface area (Å²) in [7, 11) is -3.13. The Hall–Kier alpha value is 4.01. The van der Waals surface area contributed by atoms with Crippen LogP contribution in [0.3, 0.4) is 0 Å². The van der Waals surface area contributed by atoms with Gasteiger partial charge in [0.2, 0.25) is 0 Å². The number of rotatable bonds is 0. The van der Waals surface area contributed by atoms with Gasteiger partial charge in [0.05, 0.1) is 0 Å². The van der Waals surface area contributed by atoms with Gasteiger partial charge >= 0.3 is 128 Å². The van der Waals surface area contributed by atoms with Gasteiger partial charge in [0.15, 0.2) is 17.4 Å². The molecular weight excluding hydrogens is 221 g/mol. The van der Waals surface area contributed by atoms with Crippen LogP contribution in [-0.4, -0.2) is 79.3 Å². The first kappa shape index (κ1) is 38.2. The van der Waals surface area contributed by atoms with Crippen LogP contribution in [0.15, 0.2) is 0 Å². The van der Waals surface area contributed by atoms with Crippen molar-refractivity contribution in [2.45, 2.75) is 0 Å². The largest absolute Gasteiger partial charge is 2.00 e. The Morgan fingerprint density at radius 3 is 1.33 bits per heavy atom. The molecule has 0 radical (unpaired) electrons. The van der Waals surface area contributed by atoms with Crippen LogP contribution in [0.4, 0.5) is 0 Å². The molecule has 0 saturated heterocycles. The van der Waals surface area contributed by atoms with Gasteiger partial charge < -0.3 is 20.8 Å². The van der Waals surface area contributed by atoms with Crippen LogP contribution in [0.5, 0.6) is 0 Å². The van der Waals surface area contributed by atoms with Gasteiger partial charge in [0.1, 0.15) is 0 Å². The third-order valence-corrected chi connectivity index (χ3v) is 0. The minimum absolute atomic E-state index is 0. The quantitative estimate of drug-likeness (QED) is 0.406. The zero-order chi connectivity index (χ0) is 3.58. The van der Waals surface area contributed by atoms with Gasteiger partial charge in [-0.25, -0.2) is 0 Å². The summed E-state index contributed by atoms with van der Waals surface area (Å²) in [4.78, 5) is 14.3. The Morgan fingerprint density at radius 1 is 1.33 bits per heavy atom. The predicted molar refractivity (Wildman–Crippen MR) is 34.6 cm³/mol. The SMILES string of the molecule is O.O=[Si](O)O.[AlH3].[Ca+2].[H-].[H-].[H-].[H-].[K+].[Na+]. The minimum atomic E-state index is -3.13. The first-order chi connectivity index (χ1) is 1.73. The van der Waals surface area contributed by atoms with Gasteiger partial charge in [0.25, 0.3) is 0 Å². The van der Waals surface area contributed by atoms with Crippen molar-refractivity contribution in [1.82, 2.24) is 0 Å². The molecule has 0 aliphatic rings. The van der Waals surface area contributed by atoms with Crippen LogP contribution >= 0.6 is 0 Å². The fourth-order valence-corrected chi connectivity index (χ4v) is 0. The van der Waals surface area contributed by atoms with Gasteiger partial charge in [-0.05, 0) is 0 Å². The van der Waals surface area contributed by atoms with Crippen molar-refractivity contribution in [3.8, 4) is 0 Å². The second kappa shape index (κ2) is 29.6. The van der Waals surface area contributed by atoms with Crippen molar-refractivity contribution >= 4 is 64.3 Å². The van der Waals surface area contributed by atoms with Crippen molar-refractivity contribution in [2.24, 2.45) is 0 Å². The van der Waals surface area contributed by atoms with E-state index in [-0.39, 0.29) is 147 Å². The molecule has 0 heterocycles. The van der Waals surface area contributed by atoms with Gasteiger partial charge in [-0.1, -0.05) is 0 Å². The van der Waals surface area contributed by atoms with E-state index in [4.69, 9.17) is 14.1 Å². The Bertz CT molecular complexity index is 55.1. The fourth-order valence-electron chi connectivity index (χ4n) is 0. The molecule has 0 bridgehead atoms. The monoisotopic (exact) mass is 232 g/mol. The van der Waals surface area contributed by atoms with Crippen LogP contribution in [-0.2, 0) is 4.46 Å². The summed E-state index contributed by atoms with van der Waals surface area (Å²) in [5, 5.41) is 0. The topological polar surface area (TPSA) is 89.0 Å². The van der Waals surface area contributed by atoms with Gasteiger partial charge in [-0.15, -0.1) is 0 Å². The molecule has 0 rings (SSSR count). The van der Waals surface area contributed by atoms with E-state index in [0.29, 0.717) is 0 Å². The molecule has 4 N–H and O–H groups in total. The van der Waals surface area contributed by atoms with E-state index < -0.39 is 9.17 Å². The van der Waals surface area contributed by atoms with Gasteiger partial charge in [-0.3, -0.25) is 4.46 Å². The van der Waals surface area contributed by atoms with E-state index in [9.17, 15) is 0 Å². The summed E-state index contributed by atoms with van der Waals surface area (Å²) < 4.78 is 8.74. The smallest absolute Gasteiger partial charge is 1.00 e. The first-order valence-electron chi connectivity index (χ1n) is 0.651. The van der Waals surface area contributed by atoms with Crippen molar-refractivity contribution in [1.29, 1.82) is 0 Å². The zero-order valence-electron chi connectivity index (χ0n) is 9.01. The van der Waals surface area contributed by atoms with Crippen molar-refractivity contribution in [2.75, 3.05) is 0 Å². The van der Waals surface area contributed by atoms with Crippen LogP contribution in [0.1, 0.15) is 5.71 Å². The van der Waals surface area contributed by atoms with E-state index >= 15 is 0 Å². The molecule has 0 aliphatic carbocycles. The Kier molecular flexibility index (Phi) is 126. The van der Waals surface area contributed by atoms with Crippen LogP contribution in [0.2, 0.25) is 0 Å². The Labute approximate surface area is 166 Å². The summed E-state index contributed by atoms with van der Waals surface area (Å²) in [5.41, 5.74) is 0. The summed E-state index contributed by atoms with van der Waals surface area (Å²) >= 11 is 0. The van der Waals surface area contributed by atoms with Crippen LogP contribution in [0.25, 0.3) is 0 Å². The van der Waals surface area contributed by atoms with Crippen molar-refractivity contribution < 1.29 is 106 Å². The van der Waals surface area contributed by atoms with Gasteiger partial charge in [0, 0.05) is 0 Å². The summed E-state index contributed by atoms with van der Waals surface area (Å²) in [6, 6.07) is 0. The Morgan fingerprint density at radius 2 is 1.33 bits per heavy atom. The zero-order valence-corrected chi connectivity index (χ0v) is 13.3. The molecule has 46 valence electrons. The maximum absolute atomic E-state index is 8.74. The maximum atomic E-state index is 8.74. The molecule has 0 aromatic heterocycles. The first-order valence-corrected chi connectivity index (χ1v) is 1.95. The standard InChI is InChI=1S/Al.Ca.K.Na.H2O3Si.H2O.7H/c;;;;1-4(2)3;;;;;;;;/h;;;;1-2H;1H2;;;;;;;/q;+2;2*+1;;;;;;4*-1. The molecular formula is H11AlCaKNaO4Si. The third kappa shape index (κ3) is 74.9. The fraction of sp³-hybridized carbons (Fsp3) is 0. The van der Waals surface area contributed by atoms with E-state index in [1.54, 1.807) is 0 Å². The molecule has 9 heteroatoms. The summed E-state index contributed by atoms with van der Waals surface area (Å²) in [5.74, 6) is 0. The van der Waals surface area contributed by atoms with Crippen LogP contribution in [0, 0.1) is 0 Å². The molecule has 0 amide bonds. The van der Waals surface area contributed by atoms with Crippen molar-refractivity contribution in [3.63, 3.8) is 0 Å². The second-order valence-corrected chi connectivity index (χ2v) is 0.848. The van der Waals surface area contributed by atoms with Gasteiger partial charge in [-0.2, -0.15) is 0 Å². The third-order valence-electron chi connectivity index (χ3n) is 0. The minimum Gasteiger partial charge on any atom is -1.00 e. The molecule has 0 atom stereocenters. The molecule has 0 saturated carbocycles. The average molecular weight is 232 g/mol. The van der Waals surface area contributed by atoms with E-state index in [1.165, 1.54) is 0 Å².